The van der Waals surface area contributed by atoms with Gasteiger partial charge >= 0.3 is 0 Å². The summed E-state index contributed by atoms with van der Waals surface area (Å²) in [6.45, 7) is 2.67. The zero-order valence-corrected chi connectivity index (χ0v) is 12.6. The first-order valence-corrected chi connectivity index (χ1v) is 8.57. The summed E-state index contributed by atoms with van der Waals surface area (Å²) in [5.41, 5.74) is 0.552. The molecule has 7 heteroatoms. The zero-order valence-electron chi connectivity index (χ0n) is 11.8. The number of furan rings is 1. The number of hydrogen-bond donors (Lipinski definition) is 1. The Kier molecular flexibility index (Phi) is 4.49. The molecule has 1 fully saturated rings. The summed E-state index contributed by atoms with van der Waals surface area (Å²) in [4.78, 5) is 14.3. The van der Waals surface area contributed by atoms with Gasteiger partial charge in [0.1, 0.15) is 5.76 Å². The normalized spacial score (nSPS) is 20.1. The van der Waals surface area contributed by atoms with Gasteiger partial charge in [-0.25, -0.2) is 13.1 Å². The molecule has 6 nitrogen and oxygen atoms in total. The van der Waals surface area contributed by atoms with E-state index >= 15 is 0 Å². The minimum absolute atomic E-state index is 0.0868. The molecule has 0 aromatic carbocycles. The standard InChI is InChI=1S/C13H20N2O4S/c1-10-12(6-8-19-10)13(16)15-7-4-3-5-11(15)9-14-20(2,17)18/h6,8,11,14H,3-5,7,9H2,1-2H3/t11-/m0/s1. The SMILES string of the molecule is Cc1occc1C(=O)N1CCCC[C@H]1CNS(C)(=O)=O. The third-order valence-corrected chi connectivity index (χ3v) is 4.25. The van der Waals surface area contributed by atoms with Gasteiger partial charge in [-0.15, -0.1) is 0 Å². The molecule has 2 rings (SSSR count). The van der Waals surface area contributed by atoms with Gasteiger partial charge in [-0.1, -0.05) is 0 Å². The second-order valence-corrected chi connectivity index (χ2v) is 6.99. The number of nitrogens with zero attached hydrogens (tertiary/aromatic N) is 1. The van der Waals surface area contributed by atoms with E-state index in [9.17, 15) is 13.2 Å². The Labute approximate surface area is 119 Å². The summed E-state index contributed by atoms with van der Waals surface area (Å²) in [5.74, 6) is 0.506. The van der Waals surface area contributed by atoms with Gasteiger partial charge in [0, 0.05) is 19.1 Å². The Morgan fingerprint density at radius 1 is 1.50 bits per heavy atom. The van der Waals surface area contributed by atoms with Crippen LogP contribution in [0.15, 0.2) is 16.7 Å². The fourth-order valence-corrected chi connectivity index (χ4v) is 2.98. The molecule has 1 aliphatic heterocycles. The number of nitrogens with one attached hydrogen (secondary N) is 1. The van der Waals surface area contributed by atoms with Crippen molar-refractivity contribution in [2.45, 2.75) is 32.2 Å². The van der Waals surface area contributed by atoms with Crippen molar-refractivity contribution in [2.24, 2.45) is 0 Å². The molecule has 20 heavy (non-hydrogen) atoms. The lowest BCUT2D eigenvalue weighted by Gasteiger charge is -2.35. The van der Waals surface area contributed by atoms with Crippen LogP contribution in [0.2, 0.25) is 0 Å². The van der Waals surface area contributed by atoms with Crippen molar-refractivity contribution < 1.29 is 17.6 Å². The number of carbonyl (C=O) groups is 1. The highest BCUT2D eigenvalue weighted by Gasteiger charge is 2.29. The Balaban J connectivity index is 2.11. The van der Waals surface area contributed by atoms with E-state index in [2.05, 4.69) is 4.72 Å². The van der Waals surface area contributed by atoms with E-state index in [0.717, 1.165) is 25.5 Å². The van der Waals surface area contributed by atoms with E-state index in [1.807, 2.05) is 0 Å². The van der Waals surface area contributed by atoms with Crippen molar-refractivity contribution in [1.82, 2.24) is 9.62 Å². The summed E-state index contributed by atoms with van der Waals surface area (Å²) >= 11 is 0. The molecule has 112 valence electrons. The molecule has 1 atom stereocenters. The molecule has 1 aromatic rings. The molecule has 1 aliphatic rings. The van der Waals surface area contributed by atoms with Crippen molar-refractivity contribution in [3.63, 3.8) is 0 Å². The van der Waals surface area contributed by atoms with E-state index < -0.39 is 10.0 Å². The maximum atomic E-state index is 12.5. The third kappa shape index (κ3) is 3.61. The molecule has 0 saturated carbocycles. The largest absolute Gasteiger partial charge is 0.469 e. The van der Waals surface area contributed by atoms with Crippen LogP contribution >= 0.6 is 0 Å². The molecule has 0 aliphatic carbocycles. The van der Waals surface area contributed by atoms with Gasteiger partial charge in [0.15, 0.2) is 0 Å². The van der Waals surface area contributed by atoms with Crippen LogP contribution in [0.4, 0.5) is 0 Å². The molecule has 1 N–H and O–H groups in total. The minimum Gasteiger partial charge on any atom is -0.469 e. The van der Waals surface area contributed by atoms with Crippen LogP contribution in [0.5, 0.6) is 0 Å². The highest BCUT2D eigenvalue weighted by atomic mass is 32.2. The van der Waals surface area contributed by atoms with E-state index in [1.54, 1.807) is 17.9 Å². The molecule has 0 unspecified atom stereocenters. The molecular weight excluding hydrogens is 280 g/mol. The number of piperidine rings is 1. The quantitative estimate of drug-likeness (QED) is 0.904. The van der Waals surface area contributed by atoms with Gasteiger partial charge in [-0.2, -0.15) is 0 Å². The first-order valence-electron chi connectivity index (χ1n) is 6.68. The van der Waals surface area contributed by atoms with Gasteiger partial charge in [0.25, 0.3) is 5.91 Å². The van der Waals surface area contributed by atoms with Crippen LogP contribution in [0.25, 0.3) is 0 Å². The van der Waals surface area contributed by atoms with Crippen LogP contribution in [0.1, 0.15) is 35.4 Å². The molecular formula is C13H20N2O4S. The van der Waals surface area contributed by atoms with Crippen molar-refractivity contribution in [1.29, 1.82) is 0 Å². The van der Waals surface area contributed by atoms with Gasteiger partial charge in [0.2, 0.25) is 10.0 Å². The molecule has 1 aromatic heterocycles. The lowest BCUT2D eigenvalue weighted by Crippen LogP contribution is -2.49. The van der Waals surface area contributed by atoms with Crippen LogP contribution in [0.3, 0.4) is 0 Å². The van der Waals surface area contributed by atoms with Crippen LogP contribution in [-0.4, -0.2) is 44.6 Å². The minimum atomic E-state index is -3.24. The zero-order chi connectivity index (χ0) is 14.8. The lowest BCUT2D eigenvalue weighted by atomic mass is 10.0. The summed E-state index contributed by atoms with van der Waals surface area (Å²) in [6, 6.07) is 1.56. The van der Waals surface area contributed by atoms with E-state index in [0.29, 0.717) is 17.9 Å². The predicted molar refractivity (Wildman–Crippen MR) is 75.0 cm³/mol. The average molecular weight is 300 g/mol. The highest BCUT2D eigenvalue weighted by Crippen LogP contribution is 2.21. The monoisotopic (exact) mass is 300 g/mol. The number of carbonyl (C=O) groups excluding carboxylic acids is 1. The summed E-state index contributed by atoms with van der Waals surface area (Å²) in [7, 11) is -3.24. The third-order valence-electron chi connectivity index (χ3n) is 3.56. The Hall–Kier alpha value is -1.34. The molecule has 1 saturated heterocycles. The topological polar surface area (TPSA) is 79.6 Å². The fourth-order valence-electron chi connectivity index (χ4n) is 2.49. The Morgan fingerprint density at radius 2 is 2.25 bits per heavy atom. The second-order valence-electron chi connectivity index (χ2n) is 5.16. The summed E-state index contributed by atoms with van der Waals surface area (Å²) in [6.07, 6.45) is 5.38. The first kappa shape index (κ1) is 15.1. The van der Waals surface area contributed by atoms with E-state index in [1.165, 1.54) is 6.26 Å². The van der Waals surface area contributed by atoms with Crippen molar-refractivity contribution in [3.8, 4) is 0 Å². The number of sulfonamides is 1. The van der Waals surface area contributed by atoms with Gasteiger partial charge in [-0.3, -0.25) is 4.79 Å². The van der Waals surface area contributed by atoms with Gasteiger partial charge in [-0.05, 0) is 32.3 Å². The smallest absolute Gasteiger partial charge is 0.257 e. The number of likely N-dealkylation sites (tertiary alicyclic amines) is 1. The summed E-state index contributed by atoms with van der Waals surface area (Å²) in [5, 5.41) is 0. The highest BCUT2D eigenvalue weighted by molar-refractivity contribution is 7.88. The average Bonchev–Trinajstić information content (AvgIpc) is 2.81. The van der Waals surface area contributed by atoms with E-state index in [-0.39, 0.29) is 18.5 Å². The van der Waals surface area contributed by atoms with Crippen LogP contribution in [0, 0.1) is 6.92 Å². The van der Waals surface area contributed by atoms with Crippen LogP contribution < -0.4 is 4.72 Å². The molecule has 0 spiro atoms. The molecule has 0 bridgehead atoms. The molecule has 1 amide bonds. The van der Waals surface area contributed by atoms with Gasteiger partial charge in [0.05, 0.1) is 18.1 Å². The fraction of sp³-hybridized carbons (Fsp3) is 0.615. The van der Waals surface area contributed by atoms with Crippen molar-refractivity contribution in [2.75, 3.05) is 19.3 Å². The number of amides is 1. The van der Waals surface area contributed by atoms with E-state index in [4.69, 9.17) is 4.42 Å². The maximum absolute atomic E-state index is 12.5. The maximum Gasteiger partial charge on any atom is 0.257 e. The number of rotatable bonds is 4. The van der Waals surface area contributed by atoms with Crippen LogP contribution in [-0.2, 0) is 10.0 Å². The van der Waals surface area contributed by atoms with Gasteiger partial charge < -0.3 is 9.32 Å². The second kappa shape index (κ2) is 5.97. The molecule has 2 heterocycles. The lowest BCUT2D eigenvalue weighted by molar-refractivity contribution is 0.0617. The molecule has 0 radical (unpaired) electrons. The van der Waals surface area contributed by atoms with Crippen molar-refractivity contribution >= 4 is 15.9 Å². The predicted octanol–water partition coefficient (Wildman–Crippen LogP) is 1.13. The van der Waals surface area contributed by atoms with Crippen molar-refractivity contribution in [3.05, 3.63) is 23.7 Å². The first-order chi connectivity index (χ1) is 9.38. The summed E-state index contributed by atoms with van der Waals surface area (Å²) < 4.78 is 30.1. The number of aryl methyl sites for hydroxylation is 1. The Morgan fingerprint density at radius 3 is 2.85 bits per heavy atom. The number of hydrogen-bond acceptors (Lipinski definition) is 4. The Bertz CT molecular complexity index is 579.